The summed E-state index contributed by atoms with van der Waals surface area (Å²) in [5.74, 6) is 2.10. The number of benzene rings is 2. The monoisotopic (exact) mass is 722 g/mol. The summed E-state index contributed by atoms with van der Waals surface area (Å²) >= 11 is 12.5. The highest BCUT2D eigenvalue weighted by Gasteiger charge is 2.42. The zero-order valence-electron chi connectivity index (χ0n) is 29.5. The first-order valence-electron chi connectivity index (χ1n) is 16.4. The molecule has 0 unspecified atom stereocenters. The maximum atomic E-state index is 14.6. The van der Waals surface area contributed by atoms with Crippen molar-refractivity contribution in [2.45, 2.75) is 83.9 Å². The van der Waals surface area contributed by atoms with Crippen LogP contribution in [0.15, 0.2) is 53.3 Å². The van der Waals surface area contributed by atoms with E-state index in [1.165, 1.54) is 11.9 Å². The minimum atomic E-state index is -1.04. The Morgan fingerprint density at radius 1 is 1.10 bits per heavy atom. The maximum absolute atomic E-state index is 14.6. The number of likely N-dealkylation sites (N-methyl/N-ethyl adjacent to an activating group) is 1. The molecule has 4 rings (SSSR count). The van der Waals surface area contributed by atoms with Gasteiger partial charge in [0.15, 0.2) is 0 Å². The Labute approximate surface area is 303 Å². The van der Waals surface area contributed by atoms with Crippen LogP contribution in [0.5, 0.6) is 5.75 Å². The molecule has 3 aromatic rings. The highest BCUT2D eigenvalue weighted by Crippen LogP contribution is 2.39. The van der Waals surface area contributed by atoms with Crippen molar-refractivity contribution in [1.82, 2.24) is 15.2 Å². The fourth-order valence-electron chi connectivity index (χ4n) is 5.88. The van der Waals surface area contributed by atoms with Gasteiger partial charge < -0.3 is 24.7 Å². The molecule has 0 radical (unpaired) electrons. The Bertz CT molecular complexity index is 1840. The molecular formula is C38H44Cl2N4O6. The van der Waals surface area contributed by atoms with Crippen LogP contribution >= 0.6 is 23.2 Å². The molecule has 50 heavy (non-hydrogen) atoms. The van der Waals surface area contributed by atoms with E-state index in [4.69, 9.17) is 39.1 Å². The maximum Gasteiger partial charge on any atom is 0.410 e. The molecule has 3 amide bonds. The van der Waals surface area contributed by atoms with Gasteiger partial charge in [0.05, 0.1) is 5.69 Å². The molecule has 2 N–H and O–H groups in total. The van der Waals surface area contributed by atoms with Gasteiger partial charge in [-0.1, -0.05) is 68.1 Å². The van der Waals surface area contributed by atoms with E-state index in [1.807, 2.05) is 13.8 Å². The van der Waals surface area contributed by atoms with Crippen molar-refractivity contribution >= 4 is 46.8 Å². The van der Waals surface area contributed by atoms with Gasteiger partial charge in [-0.15, -0.1) is 6.42 Å². The molecule has 1 aliphatic rings. The quantitative estimate of drug-likeness (QED) is 0.225. The van der Waals surface area contributed by atoms with Crippen molar-refractivity contribution < 1.29 is 23.9 Å². The highest BCUT2D eigenvalue weighted by molar-refractivity contribution is 6.35. The molecule has 2 aromatic carbocycles. The number of hydrogen-bond donors (Lipinski definition) is 2. The van der Waals surface area contributed by atoms with Gasteiger partial charge in [-0.05, 0) is 68.7 Å². The van der Waals surface area contributed by atoms with Crippen LogP contribution in [0, 0.1) is 12.3 Å². The number of fused-ring (bicyclic) bond motifs is 1. The summed E-state index contributed by atoms with van der Waals surface area (Å²) in [6, 6.07) is 11.9. The van der Waals surface area contributed by atoms with Crippen molar-refractivity contribution in [3.63, 3.8) is 0 Å². The number of pyridine rings is 1. The molecule has 1 aromatic heterocycles. The molecule has 0 saturated heterocycles. The third-order valence-electron chi connectivity index (χ3n) is 8.42. The van der Waals surface area contributed by atoms with Crippen molar-refractivity contribution in [1.29, 1.82) is 0 Å². The molecule has 0 fully saturated rings. The second-order valence-electron chi connectivity index (χ2n) is 14.0. The van der Waals surface area contributed by atoms with Crippen LogP contribution in [-0.2, 0) is 32.6 Å². The number of terminal acetylenes is 1. The molecule has 2 atom stereocenters. The summed E-state index contributed by atoms with van der Waals surface area (Å²) in [7, 11) is 1.50. The number of anilines is 1. The van der Waals surface area contributed by atoms with E-state index < -0.39 is 35.1 Å². The number of carbonyl (C=O) groups excluding carboxylic acids is 3. The number of carbonyl (C=O) groups is 3. The van der Waals surface area contributed by atoms with Gasteiger partial charge in [-0.2, -0.15) is 0 Å². The lowest BCUT2D eigenvalue weighted by Crippen LogP contribution is -2.56. The van der Waals surface area contributed by atoms with Gasteiger partial charge in [-0.25, -0.2) is 4.79 Å². The van der Waals surface area contributed by atoms with E-state index >= 15 is 0 Å². The molecule has 2 heterocycles. The van der Waals surface area contributed by atoms with Crippen LogP contribution in [-0.4, -0.2) is 65.7 Å². The summed E-state index contributed by atoms with van der Waals surface area (Å²) in [4.78, 5) is 60.6. The van der Waals surface area contributed by atoms with Gasteiger partial charge in [0.1, 0.15) is 30.0 Å². The largest absolute Gasteiger partial charge is 0.481 e. The lowest BCUT2D eigenvalue weighted by atomic mass is 9.91. The number of aromatic amines is 1. The van der Waals surface area contributed by atoms with Crippen LogP contribution in [0.1, 0.15) is 70.3 Å². The summed E-state index contributed by atoms with van der Waals surface area (Å²) in [6.07, 6.45) is 5.29. The number of amides is 3. The Kier molecular flexibility index (Phi) is 12.0. The number of ether oxygens (including phenoxy) is 2. The SMILES string of the molecule is C#CCOc1ccc(C[C@H](NC(=O)[C@H](CC)N(C)C(=O)OC(C)(C)C)C(=O)N2CC(C)(C)c3[nH]c(=O)c(Cc4ccc(Cl)cc4Cl)cc32)cc1. The van der Waals surface area contributed by atoms with Crippen molar-refractivity contribution in [3.8, 4) is 18.1 Å². The van der Waals surface area contributed by atoms with Gasteiger partial charge in [-0.3, -0.25) is 19.3 Å². The molecule has 266 valence electrons. The fourth-order valence-corrected chi connectivity index (χ4v) is 6.36. The predicted molar refractivity (Wildman–Crippen MR) is 196 cm³/mol. The van der Waals surface area contributed by atoms with Crippen LogP contribution in [0.4, 0.5) is 10.5 Å². The highest BCUT2D eigenvalue weighted by atomic mass is 35.5. The molecule has 1 aliphatic heterocycles. The molecule has 0 saturated carbocycles. The third-order valence-corrected chi connectivity index (χ3v) is 9.01. The van der Waals surface area contributed by atoms with Crippen LogP contribution < -0.4 is 20.5 Å². The van der Waals surface area contributed by atoms with Crippen molar-refractivity contribution in [3.05, 3.63) is 91.3 Å². The third kappa shape index (κ3) is 9.20. The Morgan fingerprint density at radius 3 is 2.38 bits per heavy atom. The van der Waals surface area contributed by atoms with Crippen molar-refractivity contribution in [2.24, 2.45) is 0 Å². The average molecular weight is 724 g/mol. The van der Waals surface area contributed by atoms with E-state index in [0.29, 0.717) is 38.3 Å². The zero-order valence-corrected chi connectivity index (χ0v) is 31.0. The summed E-state index contributed by atoms with van der Waals surface area (Å²) in [5.41, 5.74) is 1.37. The number of H-pyrrole nitrogens is 1. The molecule has 12 heteroatoms. The molecular weight excluding hydrogens is 679 g/mol. The second kappa shape index (κ2) is 15.6. The normalized spacial score (nSPS) is 14.6. The minimum absolute atomic E-state index is 0.110. The summed E-state index contributed by atoms with van der Waals surface area (Å²) < 4.78 is 11.0. The first kappa shape index (κ1) is 38.3. The van der Waals surface area contributed by atoms with E-state index in [-0.39, 0.29) is 43.9 Å². The van der Waals surface area contributed by atoms with Crippen molar-refractivity contribution in [2.75, 3.05) is 25.1 Å². The number of halogens is 2. The lowest BCUT2D eigenvalue weighted by molar-refractivity contribution is -0.130. The number of nitrogens with one attached hydrogen (secondary N) is 2. The van der Waals surface area contributed by atoms with Crippen LogP contribution in [0.2, 0.25) is 10.0 Å². The standard InChI is InChI=1S/C38H44Cl2N4O6/c1-9-17-49-27-15-11-23(12-16-27)18-29(41-34(46)30(10-2)43(8)36(48)50-37(3,4)5)35(47)44-22-38(6,7)32-31(44)20-25(33(45)42-32)19-24-13-14-26(39)21-28(24)40/h1,11-16,20-21,29-30H,10,17-19,22H2,2-8H3,(H,41,46)(H,42,45)/t29-,30-/m0/s1. The van der Waals surface area contributed by atoms with Crippen LogP contribution in [0.25, 0.3) is 0 Å². The number of rotatable bonds is 11. The smallest absolute Gasteiger partial charge is 0.410 e. The Hall–Kier alpha value is -4.46. The van der Waals surface area contributed by atoms with E-state index in [2.05, 4.69) is 16.2 Å². The molecule has 0 bridgehead atoms. The first-order chi connectivity index (χ1) is 23.4. The average Bonchev–Trinajstić information content (AvgIpc) is 3.29. The summed E-state index contributed by atoms with van der Waals surface area (Å²) in [6.45, 7) is 11.3. The van der Waals surface area contributed by atoms with Crippen LogP contribution in [0.3, 0.4) is 0 Å². The Morgan fingerprint density at radius 2 is 1.78 bits per heavy atom. The summed E-state index contributed by atoms with van der Waals surface area (Å²) in [5, 5.41) is 3.84. The number of hydrogen-bond acceptors (Lipinski definition) is 6. The number of nitrogens with zero attached hydrogens (tertiary/aromatic N) is 2. The topological polar surface area (TPSA) is 121 Å². The predicted octanol–water partition coefficient (Wildman–Crippen LogP) is 6.28. The lowest BCUT2D eigenvalue weighted by Gasteiger charge is -2.31. The van der Waals surface area contributed by atoms with E-state index in [9.17, 15) is 19.2 Å². The fraction of sp³-hybridized carbons (Fsp3) is 0.421. The number of aromatic nitrogens is 1. The van der Waals surface area contributed by atoms with Gasteiger partial charge in [0.25, 0.3) is 5.56 Å². The Balaban J connectivity index is 1.70. The second-order valence-corrected chi connectivity index (χ2v) is 14.9. The first-order valence-corrected chi connectivity index (χ1v) is 17.1. The van der Waals surface area contributed by atoms with Gasteiger partial charge in [0.2, 0.25) is 11.8 Å². The van der Waals surface area contributed by atoms with Gasteiger partial charge >= 0.3 is 6.09 Å². The molecule has 0 aliphatic carbocycles. The molecule has 0 spiro atoms. The zero-order chi connectivity index (χ0) is 37.0. The minimum Gasteiger partial charge on any atom is -0.481 e. The molecule has 10 nitrogen and oxygen atoms in total. The van der Waals surface area contributed by atoms with E-state index in [1.54, 1.807) is 81.1 Å². The van der Waals surface area contributed by atoms with E-state index in [0.717, 1.165) is 5.56 Å². The van der Waals surface area contributed by atoms with Gasteiger partial charge in [0, 0.05) is 53.2 Å².